The van der Waals surface area contributed by atoms with Gasteiger partial charge in [-0.1, -0.05) is 0 Å². The zero-order chi connectivity index (χ0) is 7.56. The van der Waals surface area contributed by atoms with Crippen molar-refractivity contribution in [2.75, 3.05) is 0 Å². The fourth-order valence-corrected chi connectivity index (χ4v) is 2.02. The van der Waals surface area contributed by atoms with Gasteiger partial charge in [0.05, 0.1) is 0 Å². The molecule has 1 nitrogen and oxygen atoms in total. The molecule has 2 unspecified atom stereocenters. The van der Waals surface area contributed by atoms with Gasteiger partial charge in [0.1, 0.15) is 0 Å². The van der Waals surface area contributed by atoms with E-state index in [2.05, 4.69) is 18.4 Å². The Labute approximate surface area is 79.8 Å². The topological polar surface area (TPSA) is 3.01 Å². The SMILES string of the molecule is CC1CCCC(C)[N+]1=CCl.[Cl-]. The van der Waals surface area contributed by atoms with Gasteiger partial charge in [0.2, 0.25) is 5.67 Å². The maximum atomic E-state index is 5.67. The number of rotatable bonds is 0. The van der Waals surface area contributed by atoms with Crippen molar-refractivity contribution in [1.82, 2.24) is 0 Å². The molecule has 0 spiro atoms. The first kappa shape index (κ1) is 11.2. The second-order valence-corrected chi connectivity index (χ2v) is 3.37. The Morgan fingerprint density at radius 2 is 1.73 bits per heavy atom. The number of piperidine rings is 1. The summed E-state index contributed by atoms with van der Waals surface area (Å²) in [7, 11) is 0. The van der Waals surface area contributed by atoms with Crippen LogP contribution in [0.3, 0.4) is 0 Å². The average Bonchev–Trinajstić information content (AvgIpc) is 1.88. The van der Waals surface area contributed by atoms with Gasteiger partial charge in [0.15, 0.2) is 12.1 Å². The molecule has 1 fully saturated rings. The van der Waals surface area contributed by atoms with Gasteiger partial charge in [-0.3, -0.25) is 0 Å². The molecular formula is C8H15Cl2N. The van der Waals surface area contributed by atoms with Crippen molar-refractivity contribution < 1.29 is 17.0 Å². The molecule has 1 saturated heterocycles. The molecule has 1 rings (SSSR count). The van der Waals surface area contributed by atoms with Gasteiger partial charge < -0.3 is 12.4 Å². The highest BCUT2D eigenvalue weighted by Crippen LogP contribution is 2.17. The van der Waals surface area contributed by atoms with Crippen molar-refractivity contribution in [1.29, 1.82) is 0 Å². The normalized spacial score (nSPS) is 31.0. The first-order valence-corrected chi connectivity index (χ1v) is 4.40. The third kappa shape index (κ3) is 2.64. The lowest BCUT2D eigenvalue weighted by molar-refractivity contribution is -0.599. The van der Waals surface area contributed by atoms with Crippen LogP contribution < -0.4 is 12.4 Å². The molecule has 0 aliphatic carbocycles. The summed E-state index contributed by atoms with van der Waals surface area (Å²) in [6.45, 7) is 4.46. The molecule has 66 valence electrons. The highest BCUT2D eigenvalue weighted by molar-refractivity contribution is 6.54. The minimum atomic E-state index is 0. The van der Waals surface area contributed by atoms with E-state index in [0.717, 1.165) is 0 Å². The maximum Gasteiger partial charge on any atom is 0.232 e. The van der Waals surface area contributed by atoms with E-state index in [1.165, 1.54) is 19.3 Å². The van der Waals surface area contributed by atoms with E-state index in [4.69, 9.17) is 11.6 Å². The Morgan fingerprint density at radius 3 is 2.00 bits per heavy atom. The van der Waals surface area contributed by atoms with Gasteiger partial charge in [-0.15, -0.1) is 0 Å². The molecule has 0 saturated carbocycles. The molecule has 1 aliphatic rings. The molecular weight excluding hydrogens is 181 g/mol. The fraction of sp³-hybridized carbons (Fsp3) is 0.875. The second kappa shape index (κ2) is 5.00. The average molecular weight is 196 g/mol. The van der Waals surface area contributed by atoms with Crippen LogP contribution >= 0.6 is 11.6 Å². The fourth-order valence-electron chi connectivity index (χ4n) is 1.63. The second-order valence-electron chi connectivity index (χ2n) is 3.17. The monoisotopic (exact) mass is 195 g/mol. The quantitative estimate of drug-likeness (QED) is 0.448. The summed E-state index contributed by atoms with van der Waals surface area (Å²) < 4.78 is 2.24. The molecule has 0 radical (unpaired) electrons. The largest absolute Gasteiger partial charge is 1.00 e. The van der Waals surface area contributed by atoms with Crippen molar-refractivity contribution in [2.45, 2.75) is 45.2 Å². The van der Waals surface area contributed by atoms with Crippen LogP contribution in [0.1, 0.15) is 33.1 Å². The number of hydrogen-bond donors (Lipinski definition) is 0. The molecule has 1 heterocycles. The minimum absolute atomic E-state index is 0. The van der Waals surface area contributed by atoms with Crippen LogP contribution in [0.2, 0.25) is 0 Å². The van der Waals surface area contributed by atoms with Crippen molar-refractivity contribution in [3.05, 3.63) is 0 Å². The van der Waals surface area contributed by atoms with Crippen molar-refractivity contribution in [3.63, 3.8) is 0 Å². The molecule has 0 amide bonds. The van der Waals surface area contributed by atoms with Gasteiger partial charge >= 0.3 is 0 Å². The van der Waals surface area contributed by atoms with E-state index in [9.17, 15) is 0 Å². The van der Waals surface area contributed by atoms with Gasteiger partial charge in [-0.2, -0.15) is 0 Å². The van der Waals surface area contributed by atoms with Crippen molar-refractivity contribution in [2.24, 2.45) is 0 Å². The highest BCUT2D eigenvalue weighted by Gasteiger charge is 2.26. The van der Waals surface area contributed by atoms with E-state index >= 15 is 0 Å². The van der Waals surface area contributed by atoms with Crippen LogP contribution in [-0.2, 0) is 0 Å². The zero-order valence-electron chi connectivity index (χ0n) is 7.06. The van der Waals surface area contributed by atoms with Crippen LogP contribution in [0.15, 0.2) is 0 Å². The molecule has 1 aliphatic heterocycles. The summed E-state index contributed by atoms with van der Waals surface area (Å²) in [4.78, 5) is 0. The minimum Gasteiger partial charge on any atom is -1.00 e. The molecule has 2 atom stereocenters. The summed E-state index contributed by atoms with van der Waals surface area (Å²) in [6.07, 6.45) is 3.92. The van der Waals surface area contributed by atoms with Crippen molar-refractivity contribution >= 4 is 17.3 Å². The molecule has 0 aromatic carbocycles. The Bertz CT molecular complexity index is 133. The van der Waals surface area contributed by atoms with Crippen LogP contribution in [0.4, 0.5) is 0 Å². The van der Waals surface area contributed by atoms with E-state index in [1.807, 2.05) is 0 Å². The van der Waals surface area contributed by atoms with Gasteiger partial charge in [0.25, 0.3) is 0 Å². The van der Waals surface area contributed by atoms with Crippen LogP contribution in [0, 0.1) is 0 Å². The summed E-state index contributed by atoms with van der Waals surface area (Å²) in [6, 6.07) is 1.28. The van der Waals surface area contributed by atoms with Gasteiger partial charge in [-0.05, 0) is 31.9 Å². The summed E-state index contributed by atoms with van der Waals surface area (Å²) >= 11 is 5.67. The highest BCUT2D eigenvalue weighted by atomic mass is 35.5. The number of hydrogen-bond acceptors (Lipinski definition) is 0. The lowest BCUT2D eigenvalue weighted by atomic mass is 10.0. The van der Waals surface area contributed by atoms with Crippen LogP contribution in [0.25, 0.3) is 0 Å². The Kier molecular flexibility index (Phi) is 5.11. The van der Waals surface area contributed by atoms with Crippen molar-refractivity contribution in [3.8, 4) is 0 Å². The van der Waals surface area contributed by atoms with Gasteiger partial charge in [0, 0.05) is 12.8 Å². The van der Waals surface area contributed by atoms with Crippen LogP contribution in [-0.4, -0.2) is 22.3 Å². The predicted octanol–water partition coefficient (Wildman–Crippen LogP) is -0.769. The zero-order valence-corrected chi connectivity index (χ0v) is 8.57. The predicted molar refractivity (Wildman–Crippen MR) is 45.0 cm³/mol. The smallest absolute Gasteiger partial charge is 0.232 e. The van der Waals surface area contributed by atoms with E-state index in [0.29, 0.717) is 12.1 Å². The number of halogens is 2. The van der Waals surface area contributed by atoms with Crippen LogP contribution in [0.5, 0.6) is 0 Å². The molecule has 0 N–H and O–H groups in total. The first-order chi connectivity index (χ1) is 4.75. The Hall–Kier alpha value is 0.250. The lowest BCUT2D eigenvalue weighted by Crippen LogP contribution is -3.00. The molecule has 11 heavy (non-hydrogen) atoms. The Balaban J connectivity index is 0.000001000. The molecule has 3 heteroatoms. The van der Waals surface area contributed by atoms with E-state index in [-0.39, 0.29) is 12.4 Å². The molecule has 0 aromatic rings. The van der Waals surface area contributed by atoms with E-state index < -0.39 is 0 Å². The Morgan fingerprint density at radius 1 is 1.27 bits per heavy atom. The summed E-state index contributed by atoms with van der Waals surface area (Å²) in [5.41, 5.74) is 1.70. The lowest BCUT2D eigenvalue weighted by Gasteiger charge is -2.21. The first-order valence-electron chi connectivity index (χ1n) is 3.96. The third-order valence-electron chi connectivity index (χ3n) is 2.37. The molecule has 0 aromatic heterocycles. The third-order valence-corrected chi connectivity index (χ3v) is 2.60. The van der Waals surface area contributed by atoms with Gasteiger partial charge in [-0.25, -0.2) is 4.58 Å². The van der Waals surface area contributed by atoms with E-state index in [1.54, 1.807) is 5.67 Å². The molecule has 0 bridgehead atoms. The summed E-state index contributed by atoms with van der Waals surface area (Å²) in [5, 5.41) is 0. The number of nitrogens with zero attached hydrogens (tertiary/aromatic N) is 1. The maximum absolute atomic E-state index is 5.67. The standard InChI is InChI=1S/C8H15ClN.ClH/c1-7-4-3-5-8(2)10(7)6-9;/h6-8H,3-5H2,1-2H3;1H/q+1;/p-1. The summed E-state index contributed by atoms with van der Waals surface area (Å²) in [5.74, 6) is 0.